The highest BCUT2D eigenvalue weighted by molar-refractivity contribution is 6.30. The van der Waals surface area contributed by atoms with Crippen molar-refractivity contribution in [2.75, 3.05) is 20.0 Å². The minimum absolute atomic E-state index is 0.234. The Kier molecular flexibility index (Phi) is 4.26. The van der Waals surface area contributed by atoms with Crippen molar-refractivity contribution in [2.45, 2.75) is 0 Å². The van der Waals surface area contributed by atoms with Gasteiger partial charge in [0, 0.05) is 0 Å². The van der Waals surface area contributed by atoms with E-state index < -0.39 is 0 Å². The fourth-order valence-electron chi connectivity index (χ4n) is 2.31. The fraction of sp³-hybridized carbons (Fsp3) is 0.188. The van der Waals surface area contributed by atoms with Gasteiger partial charge in [-0.2, -0.15) is 5.10 Å². The van der Waals surface area contributed by atoms with Gasteiger partial charge < -0.3 is 18.9 Å². The molecule has 0 bridgehead atoms. The number of aromatic amines is 1. The number of aromatic nitrogens is 4. The first-order chi connectivity index (χ1) is 12.3. The van der Waals surface area contributed by atoms with Crippen LogP contribution in [-0.4, -0.2) is 40.2 Å². The van der Waals surface area contributed by atoms with Crippen LogP contribution in [0.4, 0.5) is 0 Å². The Hall–Kier alpha value is -3.00. The molecule has 0 saturated heterocycles. The van der Waals surface area contributed by atoms with E-state index in [0.29, 0.717) is 23.3 Å². The van der Waals surface area contributed by atoms with Crippen LogP contribution < -0.4 is 18.9 Å². The average molecular weight is 361 g/mol. The van der Waals surface area contributed by atoms with E-state index in [1.54, 1.807) is 6.20 Å². The smallest absolute Gasteiger partial charge is 0.316 e. The largest absolute Gasteiger partial charge is 0.474 e. The molecule has 1 aliphatic heterocycles. The molecular formula is C16H13ClN4O4. The first kappa shape index (κ1) is 15.5. The van der Waals surface area contributed by atoms with Gasteiger partial charge in [-0.25, -0.2) is 15.1 Å². The van der Waals surface area contributed by atoms with E-state index in [1.807, 2.05) is 18.2 Å². The fourth-order valence-corrected chi connectivity index (χ4v) is 2.40. The van der Waals surface area contributed by atoms with E-state index in [1.165, 1.54) is 12.4 Å². The lowest BCUT2D eigenvalue weighted by atomic mass is 10.1. The molecule has 0 amide bonds. The molecule has 128 valence electrons. The first-order valence-electron chi connectivity index (χ1n) is 7.46. The Morgan fingerprint density at radius 3 is 2.72 bits per heavy atom. The van der Waals surface area contributed by atoms with Crippen molar-refractivity contribution in [1.82, 2.24) is 20.2 Å². The maximum Gasteiger partial charge on any atom is 0.316 e. The van der Waals surface area contributed by atoms with Crippen molar-refractivity contribution in [3.05, 3.63) is 41.8 Å². The highest BCUT2D eigenvalue weighted by Gasteiger charge is 2.16. The summed E-state index contributed by atoms with van der Waals surface area (Å²) in [6, 6.07) is 5.91. The number of hydrogen-bond donors (Lipinski definition) is 1. The molecule has 8 nitrogen and oxygen atoms in total. The molecule has 0 atom stereocenters. The first-order valence-corrected chi connectivity index (χ1v) is 7.84. The quantitative estimate of drug-likeness (QED) is 0.676. The van der Waals surface area contributed by atoms with Gasteiger partial charge in [0.15, 0.2) is 11.5 Å². The predicted octanol–water partition coefficient (Wildman–Crippen LogP) is 2.71. The van der Waals surface area contributed by atoms with E-state index in [2.05, 4.69) is 20.2 Å². The van der Waals surface area contributed by atoms with Gasteiger partial charge in [0.1, 0.15) is 13.2 Å². The molecule has 25 heavy (non-hydrogen) atoms. The van der Waals surface area contributed by atoms with Crippen LogP contribution in [0.5, 0.6) is 23.4 Å². The van der Waals surface area contributed by atoms with E-state index in [4.69, 9.17) is 30.5 Å². The molecule has 1 N–H and O–H groups in total. The normalized spacial score (nSPS) is 12.2. The van der Waals surface area contributed by atoms with Crippen LogP contribution in [0.25, 0.3) is 11.1 Å². The molecule has 4 rings (SSSR count). The second-order valence-corrected chi connectivity index (χ2v) is 5.50. The summed E-state index contributed by atoms with van der Waals surface area (Å²) in [5, 5.41) is 7.32. The zero-order chi connectivity index (χ0) is 17.1. The number of rotatable bonds is 6. The second kappa shape index (κ2) is 6.86. The average Bonchev–Trinajstić information content (AvgIpc) is 3.28. The van der Waals surface area contributed by atoms with Gasteiger partial charge in [0.2, 0.25) is 12.7 Å². The summed E-state index contributed by atoms with van der Waals surface area (Å²) in [6.45, 7) is 0.810. The Morgan fingerprint density at radius 2 is 1.84 bits per heavy atom. The van der Waals surface area contributed by atoms with E-state index in [0.717, 1.165) is 16.9 Å². The van der Waals surface area contributed by atoms with Crippen molar-refractivity contribution >= 4 is 11.6 Å². The van der Waals surface area contributed by atoms with Crippen molar-refractivity contribution < 1.29 is 18.9 Å². The number of fused-ring (bicyclic) bond motifs is 1. The van der Waals surface area contributed by atoms with E-state index in [9.17, 15) is 0 Å². The Bertz CT molecular complexity index is 869. The summed E-state index contributed by atoms with van der Waals surface area (Å²) in [4.78, 5) is 7.89. The summed E-state index contributed by atoms with van der Waals surface area (Å²) in [7, 11) is 0. The van der Waals surface area contributed by atoms with Crippen molar-refractivity contribution in [2.24, 2.45) is 0 Å². The van der Waals surface area contributed by atoms with Crippen LogP contribution in [0, 0.1) is 0 Å². The van der Waals surface area contributed by atoms with Gasteiger partial charge in [-0.15, -0.1) is 0 Å². The number of ether oxygens (including phenoxy) is 4. The lowest BCUT2D eigenvalue weighted by Crippen LogP contribution is -2.11. The predicted molar refractivity (Wildman–Crippen MR) is 88.2 cm³/mol. The van der Waals surface area contributed by atoms with Crippen LogP contribution in [0.1, 0.15) is 0 Å². The number of H-pyrrole nitrogens is 1. The molecule has 0 aliphatic carbocycles. The minimum atomic E-state index is 0.234. The Morgan fingerprint density at radius 1 is 1.04 bits per heavy atom. The molecule has 3 heterocycles. The summed E-state index contributed by atoms with van der Waals surface area (Å²) in [6.07, 6.45) is 4.63. The summed E-state index contributed by atoms with van der Waals surface area (Å²) in [5.41, 5.74) is 1.73. The molecule has 1 aromatic carbocycles. The van der Waals surface area contributed by atoms with Crippen LogP contribution in [0.2, 0.25) is 5.02 Å². The zero-order valence-corrected chi connectivity index (χ0v) is 13.7. The molecule has 0 spiro atoms. The molecule has 9 heteroatoms. The van der Waals surface area contributed by atoms with Crippen LogP contribution >= 0.6 is 11.6 Å². The number of halogens is 1. The Labute approximate surface area is 147 Å². The van der Waals surface area contributed by atoms with Crippen molar-refractivity contribution in [1.29, 1.82) is 0 Å². The highest BCUT2D eigenvalue weighted by atomic mass is 35.5. The monoisotopic (exact) mass is 360 g/mol. The molecule has 3 aromatic rings. The number of nitrogens with zero attached hydrogens (tertiary/aromatic N) is 3. The van der Waals surface area contributed by atoms with Crippen LogP contribution in [0.15, 0.2) is 36.8 Å². The third-order valence-corrected chi connectivity index (χ3v) is 3.64. The number of nitrogens with one attached hydrogen (secondary N) is 1. The van der Waals surface area contributed by atoms with Gasteiger partial charge in [-0.1, -0.05) is 17.7 Å². The standard InChI is InChI=1S/C16H13ClN4O4/c17-11-6-18-16(19-7-11)23-4-3-22-15-12(8-20-21-15)10-1-2-13-14(5-10)25-9-24-13/h1-2,5-8H,3-4,9H2,(H,20,21). The molecule has 1 aliphatic rings. The van der Waals surface area contributed by atoms with Gasteiger partial charge in [0.05, 0.1) is 29.2 Å². The third-order valence-electron chi connectivity index (χ3n) is 3.45. The van der Waals surface area contributed by atoms with Gasteiger partial charge in [-0.3, -0.25) is 0 Å². The third kappa shape index (κ3) is 3.43. The van der Waals surface area contributed by atoms with Crippen molar-refractivity contribution in [3.63, 3.8) is 0 Å². The topological polar surface area (TPSA) is 91.4 Å². The Balaban J connectivity index is 1.38. The highest BCUT2D eigenvalue weighted by Crippen LogP contribution is 2.37. The summed E-state index contributed by atoms with van der Waals surface area (Å²) >= 11 is 5.72. The van der Waals surface area contributed by atoms with Gasteiger partial charge in [-0.05, 0) is 17.7 Å². The van der Waals surface area contributed by atoms with Gasteiger partial charge in [0.25, 0.3) is 0 Å². The maximum atomic E-state index is 5.72. The number of hydrogen-bond acceptors (Lipinski definition) is 7. The molecular weight excluding hydrogens is 348 g/mol. The molecule has 2 aromatic heterocycles. The second-order valence-electron chi connectivity index (χ2n) is 5.06. The van der Waals surface area contributed by atoms with Crippen LogP contribution in [0.3, 0.4) is 0 Å². The van der Waals surface area contributed by atoms with Crippen molar-refractivity contribution in [3.8, 4) is 34.5 Å². The lowest BCUT2D eigenvalue weighted by molar-refractivity contribution is 0.174. The SMILES string of the molecule is Clc1cnc(OCCOc2[nH]ncc2-c2ccc3c(c2)OCO3)nc1. The molecule has 0 fully saturated rings. The maximum absolute atomic E-state index is 5.72. The summed E-state index contributed by atoms with van der Waals surface area (Å²) < 4.78 is 21.8. The molecule has 0 unspecified atom stereocenters. The van der Waals surface area contributed by atoms with Crippen LogP contribution in [-0.2, 0) is 0 Å². The zero-order valence-electron chi connectivity index (χ0n) is 12.9. The van der Waals surface area contributed by atoms with E-state index >= 15 is 0 Å². The van der Waals surface area contributed by atoms with E-state index in [-0.39, 0.29) is 19.4 Å². The van der Waals surface area contributed by atoms with Gasteiger partial charge >= 0.3 is 6.01 Å². The molecule has 0 saturated carbocycles. The minimum Gasteiger partial charge on any atom is -0.474 e. The molecule has 0 radical (unpaired) electrons. The number of benzene rings is 1. The summed E-state index contributed by atoms with van der Waals surface area (Å²) in [5.74, 6) is 1.97. The lowest BCUT2D eigenvalue weighted by Gasteiger charge is -2.08.